The molecule has 0 heterocycles. The van der Waals surface area contributed by atoms with E-state index in [1.807, 2.05) is 14.1 Å². The van der Waals surface area contributed by atoms with Crippen molar-refractivity contribution in [2.45, 2.75) is 25.7 Å². The van der Waals surface area contributed by atoms with Crippen LogP contribution >= 0.6 is 24.0 Å². The van der Waals surface area contributed by atoms with Crippen LogP contribution in [-0.4, -0.2) is 38.0 Å². The van der Waals surface area contributed by atoms with Crippen LogP contribution in [0.4, 0.5) is 14.5 Å². The van der Waals surface area contributed by atoms with Crippen LogP contribution in [0.2, 0.25) is 0 Å². The van der Waals surface area contributed by atoms with Crippen LogP contribution in [0.25, 0.3) is 0 Å². The van der Waals surface area contributed by atoms with Crippen molar-refractivity contribution in [1.29, 1.82) is 0 Å². The third-order valence-corrected chi connectivity index (χ3v) is 4.09. The van der Waals surface area contributed by atoms with Gasteiger partial charge in [-0.1, -0.05) is 12.8 Å². The molecule has 0 aliphatic heterocycles. The summed E-state index contributed by atoms with van der Waals surface area (Å²) in [6, 6.07) is 3.21. The van der Waals surface area contributed by atoms with Gasteiger partial charge in [-0.05, 0) is 39.1 Å². The first-order valence-corrected chi connectivity index (χ1v) is 7.57. The van der Waals surface area contributed by atoms with Crippen LogP contribution in [0.3, 0.4) is 0 Å². The van der Waals surface area contributed by atoms with Crippen LogP contribution in [0.15, 0.2) is 23.2 Å². The predicted molar refractivity (Wildman–Crippen MR) is 101 cm³/mol. The van der Waals surface area contributed by atoms with Gasteiger partial charge < -0.3 is 16.0 Å². The highest BCUT2D eigenvalue weighted by atomic mass is 127. The van der Waals surface area contributed by atoms with Crippen LogP contribution in [0.1, 0.15) is 25.7 Å². The fourth-order valence-corrected chi connectivity index (χ4v) is 3.19. The van der Waals surface area contributed by atoms with Gasteiger partial charge in [-0.3, -0.25) is 4.99 Å². The number of rotatable bonds is 5. The lowest BCUT2D eigenvalue weighted by molar-refractivity contribution is 0.210. The zero-order chi connectivity index (χ0) is 16.2. The molecule has 7 heteroatoms. The maximum absolute atomic E-state index is 13.6. The molecule has 1 aliphatic carbocycles. The van der Waals surface area contributed by atoms with Crippen molar-refractivity contribution in [3.05, 3.63) is 29.8 Å². The molecular weight excluding hydrogens is 413 g/mol. The first-order chi connectivity index (χ1) is 10.4. The molecule has 4 nitrogen and oxygen atoms in total. The Morgan fingerprint density at radius 2 is 1.96 bits per heavy atom. The van der Waals surface area contributed by atoms with Gasteiger partial charge in [0.25, 0.3) is 0 Å². The molecule has 0 atom stereocenters. The molecule has 1 fully saturated rings. The number of nitrogens with zero attached hydrogens (tertiary/aromatic N) is 2. The third-order valence-electron chi connectivity index (χ3n) is 4.09. The third kappa shape index (κ3) is 5.87. The van der Waals surface area contributed by atoms with E-state index in [0.29, 0.717) is 6.54 Å². The number of hydrogen-bond acceptors (Lipinski definition) is 2. The van der Waals surface area contributed by atoms with E-state index in [1.54, 1.807) is 0 Å². The number of hydrogen-bond donors (Lipinski definition) is 2. The fourth-order valence-electron chi connectivity index (χ4n) is 3.19. The number of nitrogens with one attached hydrogen (secondary N) is 1. The SMILES string of the molecule is CN(C)CC1(CN=C(N)Nc2cc(F)ccc2F)CCCC1.I. The Balaban J connectivity index is 0.00000264. The van der Waals surface area contributed by atoms with Gasteiger partial charge >= 0.3 is 0 Å². The summed E-state index contributed by atoms with van der Waals surface area (Å²) in [5.74, 6) is -0.950. The van der Waals surface area contributed by atoms with Crippen LogP contribution in [0.5, 0.6) is 0 Å². The van der Waals surface area contributed by atoms with Crippen LogP contribution in [-0.2, 0) is 0 Å². The average Bonchev–Trinajstić information content (AvgIpc) is 2.89. The Kier molecular flexibility index (Phi) is 7.66. The number of benzene rings is 1. The molecule has 0 aromatic heterocycles. The van der Waals surface area contributed by atoms with Crippen LogP contribution in [0, 0.1) is 17.0 Å². The van der Waals surface area contributed by atoms with Gasteiger partial charge in [0.05, 0.1) is 5.69 Å². The zero-order valence-electron chi connectivity index (χ0n) is 13.6. The van der Waals surface area contributed by atoms with Gasteiger partial charge in [0.15, 0.2) is 5.96 Å². The van der Waals surface area contributed by atoms with Gasteiger partial charge in [-0.25, -0.2) is 8.78 Å². The van der Waals surface area contributed by atoms with Gasteiger partial charge in [-0.2, -0.15) is 0 Å². The molecule has 23 heavy (non-hydrogen) atoms. The highest BCUT2D eigenvalue weighted by Crippen LogP contribution is 2.38. The number of anilines is 1. The summed E-state index contributed by atoms with van der Waals surface area (Å²) in [6.45, 7) is 1.55. The predicted octanol–water partition coefficient (Wildman–Crippen LogP) is 3.43. The molecule has 0 unspecified atom stereocenters. The van der Waals surface area contributed by atoms with E-state index < -0.39 is 11.6 Å². The van der Waals surface area contributed by atoms with Gasteiger partial charge in [-0.15, -0.1) is 24.0 Å². The van der Waals surface area contributed by atoms with E-state index in [2.05, 4.69) is 15.2 Å². The van der Waals surface area contributed by atoms with Crippen molar-refractivity contribution in [2.75, 3.05) is 32.5 Å². The lowest BCUT2D eigenvalue weighted by Crippen LogP contribution is -2.35. The summed E-state index contributed by atoms with van der Waals surface area (Å²) in [6.07, 6.45) is 4.65. The van der Waals surface area contributed by atoms with E-state index >= 15 is 0 Å². The molecule has 1 aromatic carbocycles. The topological polar surface area (TPSA) is 53.6 Å². The second kappa shape index (κ2) is 8.77. The van der Waals surface area contributed by atoms with Gasteiger partial charge in [0.2, 0.25) is 0 Å². The van der Waals surface area contributed by atoms with Crippen molar-refractivity contribution in [3.8, 4) is 0 Å². The van der Waals surface area contributed by atoms with E-state index in [9.17, 15) is 8.78 Å². The first kappa shape index (κ1) is 20.1. The molecule has 130 valence electrons. The van der Waals surface area contributed by atoms with E-state index in [1.165, 1.54) is 12.8 Å². The maximum Gasteiger partial charge on any atom is 0.193 e. The molecule has 2 rings (SSSR count). The Morgan fingerprint density at radius 3 is 2.57 bits per heavy atom. The van der Waals surface area contributed by atoms with E-state index in [4.69, 9.17) is 5.73 Å². The Labute approximate surface area is 153 Å². The highest BCUT2D eigenvalue weighted by Gasteiger charge is 2.34. The Hall–Kier alpha value is -0.960. The normalized spacial score (nSPS) is 17.2. The van der Waals surface area contributed by atoms with E-state index in [0.717, 1.165) is 37.6 Å². The number of halogens is 3. The van der Waals surface area contributed by atoms with Crippen molar-refractivity contribution >= 4 is 35.6 Å². The molecule has 0 spiro atoms. The summed E-state index contributed by atoms with van der Waals surface area (Å²) in [5.41, 5.74) is 5.97. The lowest BCUT2D eigenvalue weighted by Gasteiger charge is -2.30. The maximum atomic E-state index is 13.6. The highest BCUT2D eigenvalue weighted by molar-refractivity contribution is 14.0. The van der Waals surface area contributed by atoms with E-state index in [-0.39, 0.29) is 41.0 Å². The first-order valence-electron chi connectivity index (χ1n) is 7.57. The quantitative estimate of drug-likeness (QED) is 0.421. The number of guanidine groups is 1. The zero-order valence-corrected chi connectivity index (χ0v) is 15.9. The molecule has 0 amide bonds. The second-order valence-corrected chi connectivity index (χ2v) is 6.40. The van der Waals surface area contributed by atoms with Crippen LogP contribution < -0.4 is 11.1 Å². The minimum atomic E-state index is -0.552. The smallest absolute Gasteiger partial charge is 0.193 e. The molecule has 1 saturated carbocycles. The Bertz CT molecular complexity index is 543. The second-order valence-electron chi connectivity index (χ2n) is 6.40. The Morgan fingerprint density at radius 1 is 1.30 bits per heavy atom. The summed E-state index contributed by atoms with van der Waals surface area (Å²) in [7, 11) is 4.10. The fraction of sp³-hybridized carbons (Fsp3) is 0.562. The summed E-state index contributed by atoms with van der Waals surface area (Å²) >= 11 is 0. The van der Waals surface area contributed by atoms with Crippen molar-refractivity contribution < 1.29 is 8.78 Å². The van der Waals surface area contributed by atoms with Gasteiger partial charge in [0.1, 0.15) is 11.6 Å². The van der Waals surface area contributed by atoms with Crippen molar-refractivity contribution in [2.24, 2.45) is 16.1 Å². The molecule has 0 bridgehead atoms. The lowest BCUT2D eigenvalue weighted by atomic mass is 9.86. The van der Waals surface area contributed by atoms with Crippen molar-refractivity contribution in [3.63, 3.8) is 0 Å². The number of nitrogens with two attached hydrogens (primary N) is 1. The minimum absolute atomic E-state index is 0. The summed E-state index contributed by atoms with van der Waals surface area (Å²) in [5, 5.41) is 2.64. The average molecular weight is 438 g/mol. The monoisotopic (exact) mass is 438 g/mol. The number of aliphatic imine (C=N–C) groups is 1. The molecule has 3 N–H and O–H groups in total. The largest absolute Gasteiger partial charge is 0.370 e. The molecule has 0 radical (unpaired) electrons. The van der Waals surface area contributed by atoms with Gasteiger partial charge in [0, 0.05) is 24.6 Å². The summed E-state index contributed by atoms with van der Waals surface area (Å²) < 4.78 is 26.7. The molecule has 1 aliphatic rings. The molecule has 1 aromatic rings. The molecular formula is C16H25F2IN4. The summed E-state index contributed by atoms with van der Waals surface area (Å²) in [4.78, 5) is 6.53. The molecule has 0 saturated heterocycles. The minimum Gasteiger partial charge on any atom is -0.370 e. The standard InChI is InChI=1S/C16H24F2N4.HI/c1-22(2)11-16(7-3-4-8-16)10-20-15(19)21-14-9-12(17)5-6-13(14)18;/h5-6,9H,3-4,7-8,10-11H2,1-2H3,(H3,19,20,21);1H. The van der Waals surface area contributed by atoms with Crippen molar-refractivity contribution in [1.82, 2.24) is 4.90 Å².